The summed E-state index contributed by atoms with van der Waals surface area (Å²) in [6, 6.07) is 19.9. The number of amidine groups is 1. The number of benzene rings is 2. The van der Waals surface area contributed by atoms with E-state index in [1.54, 1.807) is 7.05 Å². The molecule has 7 heteroatoms. The lowest BCUT2D eigenvalue weighted by Gasteiger charge is -2.36. The van der Waals surface area contributed by atoms with Crippen LogP contribution in [0.5, 0.6) is 0 Å². The van der Waals surface area contributed by atoms with Crippen LogP contribution in [0.3, 0.4) is 0 Å². The molecule has 1 N–H and O–H groups in total. The second-order valence-corrected chi connectivity index (χ2v) is 8.12. The second kappa shape index (κ2) is 9.31. The van der Waals surface area contributed by atoms with Crippen LogP contribution >= 0.6 is 0 Å². The molecule has 2 aromatic rings. The molecule has 0 radical (unpaired) electrons. The van der Waals surface area contributed by atoms with Crippen molar-refractivity contribution in [1.29, 1.82) is 0 Å². The zero-order chi connectivity index (χ0) is 21.8. The first-order valence-corrected chi connectivity index (χ1v) is 10.8. The number of hydrogen-bond acceptors (Lipinski definition) is 5. The first-order chi connectivity index (χ1) is 15.1. The zero-order valence-electron chi connectivity index (χ0n) is 18.1. The monoisotopic (exact) mass is 419 g/mol. The summed E-state index contributed by atoms with van der Waals surface area (Å²) in [4.78, 5) is 35.6. The van der Waals surface area contributed by atoms with Crippen LogP contribution in [0, 0.1) is 0 Å². The van der Waals surface area contributed by atoms with Crippen molar-refractivity contribution < 1.29 is 9.59 Å². The van der Waals surface area contributed by atoms with Gasteiger partial charge < -0.3 is 9.80 Å². The van der Waals surface area contributed by atoms with Crippen molar-refractivity contribution in [1.82, 2.24) is 20.0 Å². The Balaban J connectivity index is 1.60. The average molecular weight is 420 g/mol. The highest BCUT2D eigenvalue weighted by molar-refractivity contribution is 6.04. The number of carbonyl (C=O) groups excluding carboxylic acids is 2. The number of rotatable bonds is 8. The molecule has 0 aromatic heterocycles. The van der Waals surface area contributed by atoms with E-state index < -0.39 is 18.2 Å². The van der Waals surface area contributed by atoms with Gasteiger partial charge in [-0.2, -0.15) is 0 Å². The Morgan fingerprint density at radius 3 is 2.06 bits per heavy atom. The van der Waals surface area contributed by atoms with Gasteiger partial charge in [0.25, 0.3) is 5.91 Å². The number of carbonyl (C=O) groups is 2. The van der Waals surface area contributed by atoms with Crippen molar-refractivity contribution in [3.8, 4) is 0 Å². The topological polar surface area (TPSA) is 68.2 Å². The molecule has 2 aromatic carbocycles. The normalized spacial score (nSPS) is 20.7. The van der Waals surface area contributed by atoms with Gasteiger partial charge in [0.2, 0.25) is 0 Å². The van der Waals surface area contributed by atoms with Crippen molar-refractivity contribution >= 4 is 17.8 Å². The van der Waals surface area contributed by atoms with Crippen LogP contribution in [0.2, 0.25) is 0 Å². The molecule has 2 aliphatic heterocycles. The summed E-state index contributed by atoms with van der Waals surface area (Å²) >= 11 is 0. The maximum atomic E-state index is 12.6. The van der Waals surface area contributed by atoms with E-state index in [1.165, 1.54) is 16.0 Å². The van der Waals surface area contributed by atoms with Gasteiger partial charge in [-0.3, -0.25) is 15.0 Å². The minimum atomic E-state index is -0.474. The minimum Gasteiger partial charge on any atom is -0.344 e. The van der Waals surface area contributed by atoms with Crippen molar-refractivity contribution in [2.24, 2.45) is 4.99 Å². The van der Waals surface area contributed by atoms with E-state index in [-0.39, 0.29) is 5.91 Å². The fourth-order valence-corrected chi connectivity index (χ4v) is 4.27. The molecule has 7 nitrogen and oxygen atoms in total. The van der Waals surface area contributed by atoms with Crippen LogP contribution < -0.4 is 5.32 Å². The van der Waals surface area contributed by atoms with Gasteiger partial charge in [-0.05, 0) is 17.5 Å². The summed E-state index contributed by atoms with van der Waals surface area (Å²) in [7, 11) is 1.70. The van der Waals surface area contributed by atoms with Gasteiger partial charge in [0.05, 0.1) is 6.54 Å². The second-order valence-electron chi connectivity index (χ2n) is 8.12. The molecule has 31 heavy (non-hydrogen) atoms. The van der Waals surface area contributed by atoms with Gasteiger partial charge in [-0.1, -0.05) is 67.6 Å². The summed E-state index contributed by atoms with van der Waals surface area (Å²) in [6.07, 6.45) is 0.419. The van der Waals surface area contributed by atoms with E-state index in [2.05, 4.69) is 46.3 Å². The van der Waals surface area contributed by atoms with Crippen molar-refractivity contribution in [3.05, 3.63) is 71.8 Å². The molecule has 0 bridgehead atoms. The Labute approximate surface area is 183 Å². The lowest BCUT2D eigenvalue weighted by Crippen LogP contribution is -2.64. The van der Waals surface area contributed by atoms with E-state index in [0.717, 1.165) is 31.9 Å². The number of hydrogen-bond donors (Lipinski definition) is 1. The molecule has 0 aliphatic carbocycles. The van der Waals surface area contributed by atoms with Crippen LogP contribution in [-0.4, -0.2) is 64.8 Å². The zero-order valence-corrected chi connectivity index (χ0v) is 18.1. The third-order valence-electron chi connectivity index (χ3n) is 5.77. The first kappa shape index (κ1) is 21.1. The highest BCUT2D eigenvalue weighted by Gasteiger charge is 2.48. The predicted octanol–water partition coefficient (Wildman–Crippen LogP) is 2.69. The van der Waals surface area contributed by atoms with Gasteiger partial charge in [-0.15, -0.1) is 0 Å². The molecule has 4 rings (SSSR count). The van der Waals surface area contributed by atoms with Crippen LogP contribution in [0.25, 0.3) is 0 Å². The third-order valence-corrected chi connectivity index (χ3v) is 5.77. The molecule has 162 valence electrons. The van der Waals surface area contributed by atoms with Gasteiger partial charge in [0, 0.05) is 26.7 Å². The quantitative estimate of drug-likeness (QED) is 0.714. The molecule has 2 heterocycles. The SMILES string of the molecule is CCCN1C(CN(Cc2ccccc2)Cc2ccccc2)=NC2C1C(=O)NC(=O)N2C. The van der Waals surface area contributed by atoms with Gasteiger partial charge in [0.1, 0.15) is 5.84 Å². The maximum absolute atomic E-state index is 12.6. The van der Waals surface area contributed by atoms with Crippen molar-refractivity contribution in [2.45, 2.75) is 38.6 Å². The van der Waals surface area contributed by atoms with E-state index in [4.69, 9.17) is 4.99 Å². The Bertz CT molecular complexity index is 905. The van der Waals surface area contributed by atoms with Gasteiger partial charge in [0.15, 0.2) is 12.2 Å². The molecule has 3 amide bonds. The largest absolute Gasteiger partial charge is 0.344 e. The molecule has 2 unspecified atom stereocenters. The Hall–Kier alpha value is -3.19. The number of amides is 3. The van der Waals surface area contributed by atoms with E-state index in [1.807, 2.05) is 36.4 Å². The van der Waals surface area contributed by atoms with Gasteiger partial charge in [-0.25, -0.2) is 9.79 Å². The van der Waals surface area contributed by atoms with Crippen LogP contribution in [-0.2, 0) is 17.9 Å². The Kier molecular flexibility index (Phi) is 6.32. The molecule has 1 fully saturated rings. The smallest absolute Gasteiger partial charge is 0.325 e. The number of aliphatic imine (C=N–C) groups is 1. The third kappa shape index (κ3) is 4.61. The lowest BCUT2D eigenvalue weighted by molar-refractivity contribution is -0.127. The Morgan fingerprint density at radius 1 is 0.935 bits per heavy atom. The number of nitrogens with one attached hydrogen (secondary N) is 1. The fourth-order valence-electron chi connectivity index (χ4n) is 4.27. The predicted molar refractivity (Wildman–Crippen MR) is 120 cm³/mol. The minimum absolute atomic E-state index is 0.266. The summed E-state index contributed by atoms with van der Waals surface area (Å²) in [5.41, 5.74) is 2.45. The summed E-state index contributed by atoms with van der Waals surface area (Å²) in [5.74, 6) is 0.596. The summed E-state index contributed by atoms with van der Waals surface area (Å²) in [5, 5.41) is 2.46. The Morgan fingerprint density at radius 2 is 1.52 bits per heavy atom. The first-order valence-electron chi connectivity index (χ1n) is 10.8. The molecular weight excluding hydrogens is 390 g/mol. The van der Waals surface area contributed by atoms with E-state index in [9.17, 15) is 9.59 Å². The molecular formula is C24H29N5O2. The fraction of sp³-hybridized carbons (Fsp3) is 0.375. The maximum Gasteiger partial charge on any atom is 0.325 e. The number of fused-ring (bicyclic) bond motifs is 1. The number of imide groups is 1. The number of likely N-dealkylation sites (N-methyl/N-ethyl adjacent to an activating group) is 1. The van der Waals surface area contributed by atoms with Crippen molar-refractivity contribution in [2.75, 3.05) is 20.1 Å². The number of urea groups is 1. The van der Waals surface area contributed by atoms with E-state index in [0.29, 0.717) is 6.54 Å². The average Bonchev–Trinajstić information content (AvgIpc) is 3.12. The molecule has 0 saturated carbocycles. The lowest BCUT2D eigenvalue weighted by atomic mass is 10.1. The van der Waals surface area contributed by atoms with Crippen LogP contribution in [0.15, 0.2) is 65.7 Å². The molecule has 1 saturated heterocycles. The van der Waals surface area contributed by atoms with Crippen LogP contribution in [0.4, 0.5) is 4.79 Å². The summed E-state index contributed by atoms with van der Waals surface area (Å²) in [6.45, 7) is 4.95. The molecule has 2 aliphatic rings. The van der Waals surface area contributed by atoms with Crippen LogP contribution in [0.1, 0.15) is 24.5 Å². The van der Waals surface area contributed by atoms with Gasteiger partial charge >= 0.3 is 6.03 Å². The summed E-state index contributed by atoms with van der Waals surface area (Å²) < 4.78 is 0. The number of nitrogens with zero attached hydrogens (tertiary/aromatic N) is 4. The highest BCUT2D eigenvalue weighted by atomic mass is 16.2. The molecule has 2 atom stereocenters. The van der Waals surface area contributed by atoms with E-state index >= 15 is 0 Å². The molecule has 0 spiro atoms. The van der Waals surface area contributed by atoms with Crippen molar-refractivity contribution in [3.63, 3.8) is 0 Å². The standard InChI is InChI=1S/C24H29N5O2/c1-3-14-29-20(25-22-21(29)23(30)26-24(31)27(22)2)17-28(15-18-10-6-4-7-11-18)16-19-12-8-5-9-13-19/h4-13,21-22H,3,14-17H2,1-2H3,(H,26,30,31). The highest BCUT2D eigenvalue weighted by Crippen LogP contribution is 2.25.